The van der Waals surface area contributed by atoms with Crippen LogP contribution in [0.15, 0.2) is 88.9 Å². The molecule has 0 spiro atoms. The minimum Gasteiger partial charge on any atom is -0.465 e. The number of aliphatic imine (C=N–C) groups is 1. The first kappa shape index (κ1) is 22.7. The zero-order valence-corrected chi connectivity index (χ0v) is 20.1. The first-order chi connectivity index (χ1) is 17.0. The van der Waals surface area contributed by atoms with Gasteiger partial charge in [-0.3, -0.25) is 4.79 Å². The Hall–Kier alpha value is -4.10. The maximum absolute atomic E-state index is 12.7. The van der Waals surface area contributed by atoms with Crippen molar-refractivity contribution in [2.45, 2.75) is 13.5 Å². The minimum atomic E-state index is -0.359. The van der Waals surface area contributed by atoms with Gasteiger partial charge in [0.2, 0.25) is 0 Å². The fraction of sp³-hybridized carbons (Fsp3) is 0.107. The summed E-state index contributed by atoms with van der Waals surface area (Å²) in [7, 11) is 1.38. The molecule has 2 heterocycles. The second-order valence-corrected chi connectivity index (χ2v) is 9.27. The van der Waals surface area contributed by atoms with Crippen LogP contribution in [0.25, 0.3) is 17.0 Å². The Morgan fingerprint density at radius 2 is 1.91 bits per heavy atom. The fourth-order valence-corrected chi connectivity index (χ4v) is 4.90. The van der Waals surface area contributed by atoms with E-state index in [-0.39, 0.29) is 11.9 Å². The summed E-state index contributed by atoms with van der Waals surface area (Å²) in [5.41, 5.74) is 5.40. The molecule has 1 amide bonds. The Morgan fingerprint density at radius 3 is 2.74 bits per heavy atom. The first-order valence-corrected chi connectivity index (χ1v) is 11.9. The normalized spacial score (nSPS) is 15.7. The van der Waals surface area contributed by atoms with Crippen LogP contribution in [0.4, 0.5) is 5.69 Å². The number of esters is 1. The number of rotatable bonds is 5. The molecule has 0 bridgehead atoms. The summed E-state index contributed by atoms with van der Waals surface area (Å²) < 4.78 is 6.97. The Bertz CT molecular complexity index is 1520. The molecule has 5 rings (SSSR count). The van der Waals surface area contributed by atoms with E-state index in [0.29, 0.717) is 22.2 Å². The molecular formula is C28H23N3O3S. The average molecular weight is 482 g/mol. The maximum atomic E-state index is 12.7. The van der Waals surface area contributed by atoms with Gasteiger partial charge in [-0.15, -0.1) is 0 Å². The molecule has 174 valence electrons. The van der Waals surface area contributed by atoms with Crippen LogP contribution in [0.2, 0.25) is 0 Å². The third-order valence-corrected chi connectivity index (χ3v) is 6.60. The van der Waals surface area contributed by atoms with Crippen molar-refractivity contribution in [3.8, 4) is 0 Å². The van der Waals surface area contributed by atoms with Gasteiger partial charge >= 0.3 is 5.97 Å². The molecule has 0 unspecified atom stereocenters. The number of carbonyl (C=O) groups excluding carboxylic acids is 2. The van der Waals surface area contributed by atoms with Gasteiger partial charge in [0.1, 0.15) is 0 Å². The number of aryl methyl sites for hydroxylation is 1. The van der Waals surface area contributed by atoms with Gasteiger partial charge in [-0.2, -0.15) is 0 Å². The van der Waals surface area contributed by atoms with Gasteiger partial charge in [0.15, 0.2) is 5.17 Å². The van der Waals surface area contributed by atoms with E-state index in [1.165, 1.54) is 18.9 Å². The molecule has 1 saturated heterocycles. The fourth-order valence-electron chi connectivity index (χ4n) is 4.07. The largest absolute Gasteiger partial charge is 0.465 e. The summed E-state index contributed by atoms with van der Waals surface area (Å²) in [4.78, 5) is 29.8. The minimum absolute atomic E-state index is 0.163. The number of amidine groups is 1. The van der Waals surface area contributed by atoms with Crippen molar-refractivity contribution >= 4 is 51.5 Å². The Morgan fingerprint density at radius 1 is 1.09 bits per heavy atom. The number of thioether (sulfide) groups is 1. The van der Waals surface area contributed by atoms with Gasteiger partial charge in [0.25, 0.3) is 5.91 Å². The molecule has 1 N–H and O–H groups in total. The van der Waals surface area contributed by atoms with Gasteiger partial charge < -0.3 is 14.6 Å². The number of hydrogen-bond acceptors (Lipinski definition) is 5. The molecule has 0 atom stereocenters. The SMILES string of the molecule is COC(=O)c1cccc(Cn2cc(C=C3SC(=Nc4cccc(C)c4)NC3=O)c3ccccc32)c1. The van der Waals surface area contributed by atoms with Crippen LogP contribution in [0.3, 0.4) is 0 Å². The van der Waals surface area contributed by atoms with E-state index in [1.54, 1.807) is 6.07 Å². The number of nitrogens with zero attached hydrogens (tertiary/aromatic N) is 2. The van der Waals surface area contributed by atoms with Crippen molar-refractivity contribution in [3.05, 3.63) is 106 Å². The lowest BCUT2D eigenvalue weighted by Crippen LogP contribution is -2.19. The van der Waals surface area contributed by atoms with Gasteiger partial charge in [0.05, 0.1) is 23.3 Å². The van der Waals surface area contributed by atoms with E-state index in [1.807, 2.05) is 85.9 Å². The predicted molar refractivity (Wildman–Crippen MR) is 141 cm³/mol. The highest BCUT2D eigenvalue weighted by molar-refractivity contribution is 8.18. The Balaban J connectivity index is 1.46. The molecule has 1 aromatic heterocycles. The predicted octanol–water partition coefficient (Wildman–Crippen LogP) is 5.68. The number of ether oxygens (including phenoxy) is 1. The van der Waals surface area contributed by atoms with E-state index in [4.69, 9.17) is 4.74 Å². The quantitative estimate of drug-likeness (QED) is 0.294. The van der Waals surface area contributed by atoms with Crippen molar-refractivity contribution in [2.24, 2.45) is 4.99 Å². The third kappa shape index (κ3) is 4.90. The van der Waals surface area contributed by atoms with Crippen LogP contribution < -0.4 is 5.32 Å². The highest BCUT2D eigenvalue weighted by Crippen LogP contribution is 2.31. The zero-order chi connectivity index (χ0) is 24.4. The van der Waals surface area contributed by atoms with E-state index in [9.17, 15) is 9.59 Å². The number of para-hydroxylation sites is 1. The number of benzene rings is 3. The molecule has 4 aromatic rings. The molecule has 1 aliphatic heterocycles. The van der Waals surface area contributed by atoms with E-state index >= 15 is 0 Å². The number of carbonyl (C=O) groups is 2. The van der Waals surface area contributed by atoms with Gasteiger partial charge in [0, 0.05) is 29.2 Å². The molecular weight excluding hydrogens is 458 g/mol. The Labute approximate surface area is 207 Å². The summed E-state index contributed by atoms with van der Waals surface area (Å²) >= 11 is 1.33. The number of amides is 1. The zero-order valence-electron chi connectivity index (χ0n) is 19.3. The molecule has 0 saturated carbocycles. The van der Waals surface area contributed by atoms with Crippen molar-refractivity contribution in [1.29, 1.82) is 0 Å². The van der Waals surface area contributed by atoms with Crippen LogP contribution in [0.1, 0.15) is 27.0 Å². The van der Waals surface area contributed by atoms with E-state index < -0.39 is 0 Å². The molecule has 1 fully saturated rings. The number of fused-ring (bicyclic) bond motifs is 1. The van der Waals surface area contributed by atoms with E-state index in [2.05, 4.69) is 14.9 Å². The molecule has 3 aromatic carbocycles. The van der Waals surface area contributed by atoms with Gasteiger partial charge in [-0.25, -0.2) is 9.79 Å². The molecule has 0 radical (unpaired) electrons. The maximum Gasteiger partial charge on any atom is 0.337 e. The lowest BCUT2D eigenvalue weighted by atomic mass is 10.1. The van der Waals surface area contributed by atoms with Crippen molar-refractivity contribution < 1.29 is 14.3 Å². The smallest absolute Gasteiger partial charge is 0.337 e. The molecule has 7 heteroatoms. The Kier molecular flexibility index (Phi) is 6.25. The molecule has 1 aliphatic rings. The summed E-state index contributed by atoms with van der Waals surface area (Å²) in [6.45, 7) is 2.59. The number of aromatic nitrogens is 1. The topological polar surface area (TPSA) is 72.7 Å². The second-order valence-electron chi connectivity index (χ2n) is 8.24. The molecule has 6 nitrogen and oxygen atoms in total. The van der Waals surface area contributed by atoms with Crippen LogP contribution >= 0.6 is 11.8 Å². The van der Waals surface area contributed by atoms with Crippen LogP contribution in [-0.2, 0) is 16.1 Å². The van der Waals surface area contributed by atoms with Crippen molar-refractivity contribution in [3.63, 3.8) is 0 Å². The summed E-state index contributed by atoms with van der Waals surface area (Å²) in [6.07, 6.45) is 3.94. The van der Waals surface area contributed by atoms with Gasteiger partial charge in [-0.05, 0) is 66.2 Å². The molecule has 0 aliphatic carbocycles. The molecule has 35 heavy (non-hydrogen) atoms. The average Bonchev–Trinajstić information content (AvgIpc) is 3.38. The number of hydrogen-bond donors (Lipinski definition) is 1. The number of nitrogens with one attached hydrogen (secondary N) is 1. The lowest BCUT2D eigenvalue weighted by Gasteiger charge is -2.07. The van der Waals surface area contributed by atoms with Crippen molar-refractivity contribution in [1.82, 2.24) is 9.88 Å². The monoisotopic (exact) mass is 481 g/mol. The summed E-state index contributed by atoms with van der Waals surface area (Å²) in [5, 5.41) is 4.47. The summed E-state index contributed by atoms with van der Waals surface area (Å²) in [6, 6.07) is 23.3. The van der Waals surface area contributed by atoms with Crippen LogP contribution in [-0.4, -0.2) is 28.7 Å². The standard InChI is InChI=1S/C28H23N3O3S/c1-18-7-5-10-22(13-18)29-28-30-26(32)25(35-28)15-21-17-31(24-12-4-3-11-23(21)24)16-19-8-6-9-20(14-19)27(33)34-2/h3-15,17H,16H2,1-2H3,(H,29,30,32). The highest BCUT2D eigenvalue weighted by atomic mass is 32.2. The van der Waals surface area contributed by atoms with Crippen molar-refractivity contribution in [2.75, 3.05) is 7.11 Å². The number of methoxy groups -OCH3 is 1. The summed E-state index contributed by atoms with van der Waals surface area (Å²) in [5.74, 6) is -0.522. The van der Waals surface area contributed by atoms with E-state index in [0.717, 1.165) is 33.3 Å². The lowest BCUT2D eigenvalue weighted by molar-refractivity contribution is -0.115. The van der Waals surface area contributed by atoms with Crippen LogP contribution in [0.5, 0.6) is 0 Å². The third-order valence-electron chi connectivity index (χ3n) is 5.69. The van der Waals surface area contributed by atoms with Crippen LogP contribution in [0, 0.1) is 6.92 Å². The first-order valence-electron chi connectivity index (χ1n) is 11.1. The van der Waals surface area contributed by atoms with Gasteiger partial charge in [-0.1, -0.05) is 42.5 Å². The second kappa shape index (κ2) is 9.64. The highest BCUT2D eigenvalue weighted by Gasteiger charge is 2.24.